The number of fused-ring (bicyclic) bond motifs is 1. The van der Waals surface area contributed by atoms with Crippen molar-refractivity contribution in [3.05, 3.63) is 0 Å². The van der Waals surface area contributed by atoms with Crippen LogP contribution in [0.25, 0.3) is 0 Å². The van der Waals surface area contributed by atoms with Crippen molar-refractivity contribution in [3.63, 3.8) is 0 Å². The van der Waals surface area contributed by atoms with Crippen LogP contribution in [-0.2, 0) is 9.53 Å². The fourth-order valence-electron chi connectivity index (χ4n) is 3.97. The highest BCUT2D eigenvalue weighted by Crippen LogP contribution is 2.51. The van der Waals surface area contributed by atoms with Crippen LogP contribution in [0.5, 0.6) is 0 Å². The molecule has 2 saturated heterocycles. The normalized spacial score (nSPS) is 41.6. The highest BCUT2D eigenvalue weighted by Gasteiger charge is 2.58. The standard InChI is InChI=1S/C14H22F2N2O2/c1-13(2)10(8-4-3-5-20-11(8)13)18-12(19)9-6-14(15,16)7-17-9/h8-11,17H,3-7H2,1-2H3,(H,18,19). The molecule has 0 spiro atoms. The number of hydrogen-bond acceptors (Lipinski definition) is 3. The molecule has 0 radical (unpaired) electrons. The maximum atomic E-state index is 13.1. The van der Waals surface area contributed by atoms with Gasteiger partial charge in [-0.2, -0.15) is 0 Å². The van der Waals surface area contributed by atoms with Crippen LogP contribution in [0.1, 0.15) is 33.1 Å². The molecule has 20 heavy (non-hydrogen) atoms. The Hall–Kier alpha value is -0.750. The Bertz CT molecular complexity index is 414. The van der Waals surface area contributed by atoms with Crippen molar-refractivity contribution >= 4 is 5.91 Å². The highest BCUT2D eigenvalue weighted by molar-refractivity contribution is 5.82. The van der Waals surface area contributed by atoms with E-state index >= 15 is 0 Å². The molecule has 4 nitrogen and oxygen atoms in total. The Kier molecular flexibility index (Phi) is 3.29. The van der Waals surface area contributed by atoms with Gasteiger partial charge in [0.15, 0.2) is 0 Å². The molecular weight excluding hydrogens is 266 g/mol. The first-order valence-electron chi connectivity index (χ1n) is 7.34. The van der Waals surface area contributed by atoms with Crippen molar-refractivity contribution in [2.75, 3.05) is 13.2 Å². The Morgan fingerprint density at radius 2 is 2.15 bits per heavy atom. The molecule has 4 unspecified atom stereocenters. The number of nitrogens with one attached hydrogen (secondary N) is 2. The quantitative estimate of drug-likeness (QED) is 0.805. The Morgan fingerprint density at radius 3 is 2.80 bits per heavy atom. The SMILES string of the molecule is CC1(C)C(NC(=O)C2CC(F)(F)CN2)C2CCCOC21. The van der Waals surface area contributed by atoms with Crippen molar-refractivity contribution in [3.8, 4) is 0 Å². The van der Waals surface area contributed by atoms with Crippen molar-refractivity contribution < 1.29 is 18.3 Å². The van der Waals surface area contributed by atoms with Crippen LogP contribution in [0.15, 0.2) is 0 Å². The van der Waals surface area contributed by atoms with Crippen LogP contribution in [-0.4, -0.2) is 43.2 Å². The van der Waals surface area contributed by atoms with Gasteiger partial charge in [0.25, 0.3) is 5.92 Å². The molecule has 6 heteroatoms. The van der Waals surface area contributed by atoms with Crippen molar-refractivity contribution in [1.82, 2.24) is 10.6 Å². The molecule has 2 N–H and O–H groups in total. The van der Waals surface area contributed by atoms with E-state index in [1.807, 2.05) is 0 Å². The molecule has 0 aromatic carbocycles. The lowest BCUT2D eigenvalue weighted by Crippen LogP contribution is -2.71. The van der Waals surface area contributed by atoms with Crippen LogP contribution in [0.3, 0.4) is 0 Å². The summed E-state index contributed by atoms with van der Waals surface area (Å²) in [5.41, 5.74) is -0.123. The minimum Gasteiger partial charge on any atom is -0.377 e. The van der Waals surface area contributed by atoms with Gasteiger partial charge in [-0.05, 0) is 12.8 Å². The first-order valence-corrected chi connectivity index (χ1v) is 7.34. The van der Waals surface area contributed by atoms with E-state index in [-0.39, 0.29) is 23.5 Å². The van der Waals surface area contributed by atoms with E-state index < -0.39 is 24.9 Å². The summed E-state index contributed by atoms with van der Waals surface area (Å²) < 4.78 is 32.1. The number of halogens is 2. The number of rotatable bonds is 2. The van der Waals surface area contributed by atoms with E-state index in [9.17, 15) is 13.6 Å². The maximum absolute atomic E-state index is 13.1. The smallest absolute Gasteiger partial charge is 0.262 e. The van der Waals surface area contributed by atoms with E-state index in [1.54, 1.807) is 0 Å². The predicted molar refractivity (Wildman–Crippen MR) is 69.5 cm³/mol. The monoisotopic (exact) mass is 288 g/mol. The Labute approximate surface area is 117 Å². The van der Waals surface area contributed by atoms with Crippen LogP contribution < -0.4 is 10.6 Å². The summed E-state index contributed by atoms with van der Waals surface area (Å²) in [4.78, 5) is 12.2. The minimum atomic E-state index is -2.77. The van der Waals surface area contributed by atoms with Gasteiger partial charge in [-0.3, -0.25) is 10.1 Å². The molecular formula is C14H22F2N2O2. The second kappa shape index (κ2) is 4.63. The lowest BCUT2D eigenvalue weighted by Gasteiger charge is -2.60. The maximum Gasteiger partial charge on any atom is 0.262 e. The average Bonchev–Trinajstić information content (AvgIpc) is 2.76. The zero-order valence-electron chi connectivity index (χ0n) is 11.9. The van der Waals surface area contributed by atoms with Gasteiger partial charge in [0.2, 0.25) is 5.91 Å². The summed E-state index contributed by atoms with van der Waals surface area (Å²) in [7, 11) is 0. The molecule has 3 aliphatic rings. The molecule has 2 aliphatic heterocycles. The first kappa shape index (κ1) is 14.2. The summed E-state index contributed by atoms with van der Waals surface area (Å²) in [5.74, 6) is -2.75. The van der Waals surface area contributed by atoms with Gasteiger partial charge in [-0.25, -0.2) is 8.78 Å². The van der Waals surface area contributed by atoms with E-state index in [0.717, 1.165) is 19.4 Å². The number of carbonyl (C=O) groups is 1. The van der Waals surface area contributed by atoms with Crippen LogP contribution in [0.2, 0.25) is 0 Å². The van der Waals surface area contributed by atoms with Gasteiger partial charge in [0, 0.05) is 30.4 Å². The summed E-state index contributed by atoms with van der Waals surface area (Å²) in [6, 6.07) is -0.749. The molecule has 2 heterocycles. The zero-order valence-corrected chi connectivity index (χ0v) is 11.9. The zero-order chi connectivity index (χ0) is 14.5. The van der Waals surface area contributed by atoms with E-state index in [1.165, 1.54) is 0 Å². The number of hydrogen-bond donors (Lipinski definition) is 2. The van der Waals surface area contributed by atoms with Crippen molar-refractivity contribution in [1.29, 1.82) is 0 Å². The Balaban J connectivity index is 1.62. The third-order valence-electron chi connectivity index (χ3n) is 5.06. The lowest BCUT2D eigenvalue weighted by molar-refractivity contribution is -0.194. The molecule has 0 bridgehead atoms. The highest BCUT2D eigenvalue weighted by atomic mass is 19.3. The molecule has 0 aromatic heterocycles. The lowest BCUT2D eigenvalue weighted by atomic mass is 9.55. The van der Waals surface area contributed by atoms with Gasteiger partial charge in [0.05, 0.1) is 18.7 Å². The summed E-state index contributed by atoms with van der Waals surface area (Å²) in [6.07, 6.45) is 1.81. The van der Waals surface area contributed by atoms with E-state index in [0.29, 0.717) is 5.92 Å². The molecule has 0 aromatic rings. The third-order valence-corrected chi connectivity index (χ3v) is 5.06. The van der Waals surface area contributed by atoms with Crippen LogP contribution in [0, 0.1) is 11.3 Å². The topological polar surface area (TPSA) is 50.4 Å². The summed E-state index contributed by atoms with van der Waals surface area (Å²) in [6.45, 7) is 4.51. The molecule has 3 fully saturated rings. The van der Waals surface area contributed by atoms with Gasteiger partial charge in [0.1, 0.15) is 0 Å². The van der Waals surface area contributed by atoms with E-state index in [4.69, 9.17) is 4.74 Å². The molecule has 4 atom stereocenters. The second-order valence-corrected chi connectivity index (χ2v) is 6.90. The number of alkyl halides is 2. The third kappa shape index (κ3) is 2.22. The molecule has 114 valence electrons. The van der Waals surface area contributed by atoms with Gasteiger partial charge in [-0.15, -0.1) is 0 Å². The van der Waals surface area contributed by atoms with Crippen LogP contribution in [0.4, 0.5) is 8.78 Å². The van der Waals surface area contributed by atoms with E-state index in [2.05, 4.69) is 24.5 Å². The minimum absolute atomic E-state index is 0.0244. The van der Waals surface area contributed by atoms with Crippen molar-refractivity contribution in [2.24, 2.45) is 11.3 Å². The molecule has 3 rings (SSSR count). The first-order chi connectivity index (χ1) is 9.31. The molecule has 1 aliphatic carbocycles. The summed E-state index contributed by atoms with van der Waals surface area (Å²) >= 11 is 0. The second-order valence-electron chi connectivity index (χ2n) is 6.90. The van der Waals surface area contributed by atoms with Gasteiger partial charge < -0.3 is 10.1 Å². The Morgan fingerprint density at radius 1 is 1.40 bits per heavy atom. The summed E-state index contributed by atoms with van der Waals surface area (Å²) in [5, 5.41) is 5.58. The number of carbonyl (C=O) groups excluding carboxylic acids is 1. The van der Waals surface area contributed by atoms with Gasteiger partial charge >= 0.3 is 0 Å². The largest absolute Gasteiger partial charge is 0.377 e. The predicted octanol–water partition coefficient (Wildman–Crippen LogP) is 1.30. The molecule has 1 saturated carbocycles. The number of amides is 1. The fraction of sp³-hybridized carbons (Fsp3) is 0.929. The van der Waals surface area contributed by atoms with Gasteiger partial charge in [-0.1, -0.05) is 13.8 Å². The van der Waals surface area contributed by atoms with Crippen LogP contribution >= 0.6 is 0 Å². The molecule has 1 amide bonds. The van der Waals surface area contributed by atoms with Crippen molar-refractivity contribution in [2.45, 2.75) is 57.2 Å². The number of ether oxygens (including phenoxy) is 1. The fourth-order valence-corrected chi connectivity index (χ4v) is 3.97. The average molecular weight is 288 g/mol.